The maximum atomic E-state index is 11.5. The first-order valence-electron chi connectivity index (χ1n) is 6.15. The number of likely N-dealkylation sites (tertiary alicyclic amines) is 1. The summed E-state index contributed by atoms with van der Waals surface area (Å²) in [6.45, 7) is 3.81. The fourth-order valence-electron chi connectivity index (χ4n) is 2.48. The number of carbonyl (C=O) groups is 1. The van der Waals surface area contributed by atoms with Crippen molar-refractivity contribution in [3.63, 3.8) is 0 Å². The summed E-state index contributed by atoms with van der Waals surface area (Å²) < 4.78 is 0. The molecule has 98 valence electrons. The second kappa shape index (κ2) is 5.50. The number of nitrogens with zero attached hydrogens (tertiary/aromatic N) is 1. The van der Waals surface area contributed by atoms with E-state index in [0.29, 0.717) is 0 Å². The zero-order valence-corrected chi connectivity index (χ0v) is 12.0. The predicted molar refractivity (Wildman–Crippen MR) is 75.3 cm³/mol. The van der Waals surface area contributed by atoms with Crippen molar-refractivity contribution in [2.75, 3.05) is 19.0 Å². The van der Waals surface area contributed by atoms with Gasteiger partial charge in [0.1, 0.15) is 5.88 Å². The number of alkyl halides is 1. The first-order valence-corrected chi connectivity index (χ1v) is 7.06. The van der Waals surface area contributed by atoms with Gasteiger partial charge >= 0.3 is 0 Å². The molecule has 2 nitrogen and oxygen atoms in total. The standard InChI is InChI=1S/C14H17Cl2NO/c1-14(11-2-4-12(16)5-3-11)6-8-17(9-7-14)13(18)10-15/h2-5H,6-10H2,1H3. The van der Waals surface area contributed by atoms with Crippen molar-refractivity contribution >= 4 is 29.1 Å². The van der Waals surface area contributed by atoms with Gasteiger partial charge in [0, 0.05) is 18.1 Å². The molecule has 1 heterocycles. The molecule has 4 heteroatoms. The van der Waals surface area contributed by atoms with Crippen LogP contribution < -0.4 is 0 Å². The van der Waals surface area contributed by atoms with Gasteiger partial charge in [-0.15, -0.1) is 11.6 Å². The van der Waals surface area contributed by atoms with Crippen LogP contribution in [0.2, 0.25) is 5.02 Å². The monoisotopic (exact) mass is 285 g/mol. The van der Waals surface area contributed by atoms with Gasteiger partial charge in [0.2, 0.25) is 5.91 Å². The third-order valence-corrected chi connectivity index (χ3v) is 4.36. The number of hydrogen-bond acceptors (Lipinski definition) is 1. The van der Waals surface area contributed by atoms with Crippen molar-refractivity contribution in [3.8, 4) is 0 Å². The Bertz CT molecular complexity index is 422. The van der Waals surface area contributed by atoms with Crippen molar-refractivity contribution < 1.29 is 4.79 Å². The van der Waals surface area contributed by atoms with Gasteiger partial charge in [0.05, 0.1) is 0 Å². The van der Waals surface area contributed by atoms with E-state index in [1.807, 2.05) is 17.0 Å². The van der Waals surface area contributed by atoms with E-state index >= 15 is 0 Å². The molecule has 0 saturated carbocycles. The first-order chi connectivity index (χ1) is 8.55. The van der Waals surface area contributed by atoms with Crippen molar-refractivity contribution in [1.82, 2.24) is 4.90 Å². The molecule has 0 N–H and O–H groups in total. The van der Waals surface area contributed by atoms with Crippen molar-refractivity contribution in [3.05, 3.63) is 34.9 Å². The normalized spacial score (nSPS) is 18.7. The van der Waals surface area contributed by atoms with Crippen LogP contribution in [0.5, 0.6) is 0 Å². The highest BCUT2D eigenvalue weighted by Crippen LogP contribution is 2.35. The van der Waals surface area contributed by atoms with Gasteiger partial charge in [-0.25, -0.2) is 0 Å². The van der Waals surface area contributed by atoms with E-state index in [2.05, 4.69) is 19.1 Å². The van der Waals surface area contributed by atoms with Crippen LogP contribution in [0, 0.1) is 0 Å². The van der Waals surface area contributed by atoms with E-state index in [0.717, 1.165) is 31.0 Å². The minimum absolute atomic E-state index is 0.0369. The zero-order valence-electron chi connectivity index (χ0n) is 10.5. The van der Waals surface area contributed by atoms with Gasteiger partial charge in [-0.2, -0.15) is 0 Å². The fourth-order valence-corrected chi connectivity index (χ4v) is 2.77. The van der Waals surface area contributed by atoms with Crippen LogP contribution in [0.3, 0.4) is 0 Å². The van der Waals surface area contributed by atoms with Crippen molar-refractivity contribution in [1.29, 1.82) is 0 Å². The third kappa shape index (κ3) is 2.81. The van der Waals surface area contributed by atoms with Crippen LogP contribution in [0.25, 0.3) is 0 Å². The highest BCUT2D eigenvalue weighted by Gasteiger charge is 2.32. The fraction of sp³-hybridized carbons (Fsp3) is 0.500. The Morgan fingerprint density at radius 2 is 1.83 bits per heavy atom. The van der Waals surface area contributed by atoms with Gasteiger partial charge in [-0.1, -0.05) is 30.7 Å². The summed E-state index contributed by atoms with van der Waals surface area (Å²) >= 11 is 11.5. The third-order valence-electron chi connectivity index (χ3n) is 3.88. The number of piperidine rings is 1. The van der Waals surface area contributed by atoms with Crippen LogP contribution in [0.15, 0.2) is 24.3 Å². The molecule has 1 saturated heterocycles. The van der Waals surface area contributed by atoms with Gasteiger partial charge in [0.25, 0.3) is 0 Å². The second-order valence-corrected chi connectivity index (χ2v) is 5.79. The second-order valence-electron chi connectivity index (χ2n) is 5.08. The predicted octanol–water partition coefficient (Wildman–Crippen LogP) is 3.46. The lowest BCUT2D eigenvalue weighted by molar-refractivity contribution is -0.130. The Kier molecular flexibility index (Phi) is 4.18. The quantitative estimate of drug-likeness (QED) is 0.762. The maximum Gasteiger partial charge on any atom is 0.237 e. The summed E-state index contributed by atoms with van der Waals surface area (Å²) in [5, 5.41) is 0.761. The van der Waals surface area contributed by atoms with E-state index in [1.54, 1.807) is 0 Å². The zero-order chi connectivity index (χ0) is 13.2. The van der Waals surface area contributed by atoms with Crippen LogP contribution in [0.4, 0.5) is 0 Å². The SMILES string of the molecule is CC1(c2ccc(Cl)cc2)CCN(C(=O)CCl)CC1. The Balaban J connectivity index is 2.07. The molecule has 1 fully saturated rings. The van der Waals surface area contributed by atoms with E-state index in [4.69, 9.17) is 23.2 Å². The number of benzene rings is 1. The summed E-state index contributed by atoms with van der Waals surface area (Å²) in [6, 6.07) is 8.03. The molecule has 18 heavy (non-hydrogen) atoms. The molecule has 0 unspecified atom stereocenters. The van der Waals surface area contributed by atoms with Crippen LogP contribution in [0.1, 0.15) is 25.3 Å². The van der Waals surface area contributed by atoms with Crippen LogP contribution in [-0.2, 0) is 10.2 Å². The lowest BCUT2D eigenvalue weighted by atomic mass is 9.74. The van der Waals surface area contributed by atoms with Gasteiger partial charge < -0.3 is 4.90 Å². The number of carbonyl (C=O) groups excluding carboxylic acids is 1. The molecule has 0 bridgehead atoms. The molecule has 2 rings (SSSR count). The summed E-state index contributed by atoms with van der Waals surface area (Å²) in [7, 11) is 0. The molecule has 1 aromatic carbocycles. The minimum atomic E-state index is 0.0369. The van der Waals surface area contributed by atoms with Gasteiger partial charge in [-0.3, -0.25) is 4.79 Å². The largest absolute Gasteiger partial charge is 0.342 e. The Morgan fingerprint density at radius 3 is 2.33 bits per heavy atom. The van der Waals surface area contributed by atoms with E-state index in [1.165, 1.54) is 5.56 Å². The summed E-state index contributed by atoms with van der Waals surface area (Å²) in [6.07, 6.45) is 1.94. The van der Waals surface area contributed by atoms with E-state index in [9.17, 15) is 4.79 Å². The molecule has 1 aliphatic rings. The topological polar surface area (TPSA) is 20.3 Å². The number of rotatable bonds is 2. The maximum absolute atomic E-state index is 11.5. The molecule has 0 aliphatic carbocycles. The smallest absolute Gasteiger partial charge is 0.237 e. The average Bonchev–Trinajstić information content (AvgIpc) is 2.39. The minimum Gasteiger partial charge on any atom is -0.342 e. The Labute approximate surface area is 118 Å². The highest BCUT2D eigenvalue weighted by atomic mass is 35.5. The Morgan fingerprint density at radius 1 is 1.28 bits per heavy atom. The lowest BCUT2D eigenvalue weighted by Crippen LogP contribution is -2.44. The lowest BCUT2D eigenvalue weighted by Gasteiger charge is -2.39. The molecular formula is C14H17Cl2NO. The van der Waals surface area contributed by atoms with Crippen LogP contribution >= 0.6 is 23.2 Å². The molecular weight excluding hydrogens is 269 g/mol. The van der Waals surface area contributed by atoms with E-state index in [-0.39, 0.29) is 17.2 Å². The van der Waals surface area contributed by atoms with Crippen LogP contribution in [-0.4, -0.2) is 29.8 Å². The molecule has 1 amide bonds. The summed E-state index contributed by atoms with van der Waals surface area (Å²) in [5.41, 5.74) is 1.43. The first kappa shape index (κ1) is 13.7. The van der Waals surface area contributed by atoms with Crippen molar-refractivity contribution in [2.45, 2.75) is 25.2 Å². The van der Waals surface area contributed by atoms with E-state index < -0.39 is 0 Å². The number of hydrogen-bond donors (Lipinski definition) is 0. The van der Waals surface area contributed by atoms with Gasteiger partial charge in [0.15, 0.2) is 0 Å². The molecule has 1 aliphatic heterocycles. The molecule has 0 atom stereocenters. The molecule has 1 aromatic rings. The molecule has 0 radical (unpaired) electrons. The number of halogens is 2. The molecule has 0 spiro atoms. The highest BCUT2D eigenvalue weighted by molar-refractivity contribution is 6.30. The average molecular weight is 286 g/mol. The van der Waals surface area contributed by atoms with Crippen molar-refractivity contribution in [2.24, 2.45) is 0 Å². The van der Waals surface area contributed by atoms with Gasteiger partial charge in [-0.05, 0) is 36.0 Å². The Hall–Kier alpha value is -0.730. The molecule has 0 aromatic heterocycles. The summed E-state index contributed by atoms with van der Waals surface area (Å²) in [5.74, 6) is 0.118. The number of amides is 1. The summed E-state index contributed by atoms with van der Waals surface area (Å²) in [4.78, 5) is 13.4.